The van der Waals surface area contributed by atoms with Crippen LogP contribution < -0.4 is 4.74 Å². The van der Waals surface area contributed by atoms with Crippen molar-refractivity contribution in [2.45, 2.75) is 31.0 Å². The van der Waals surface area contributed by atoms with Crippen LogP contribution in [-0.2, 0) is 11.8 Å². The summed E-state index contributed by atoms with van der Waals surface area (Å²) in [7, 11) is 5.36. The van der Waals surface area contributed by atoms with E-state index >= 15 is 0 Å². The Hall–Kier alpha value is -2.02. The first-order valence-electron chi connectivity index (χ1n) is 10.1. The molecule has 3 rings (SSSR count). The number of benzene rings is 2. The van der Waals surface area contributed by atoms with Gasteiger partial charge in [-0.05, 0) is 74.3 Å². The van der Waals surface area contributed by atoms with Crippen molar-refractivity contribution in [1.29, 1.82) is 0 Å². The maximum absolute atomic E-state index is 13.6. The van der Waals surface area contributed by atoms with Crippen LogP contribution in [0.1, 0.15) is 36.0 Å². The van der Waals surface area contributed by atoms with Crippen molar-refractivity contribution in [3.8, 4) is 5.75 Å². The molecule has 1 aliphatic rings. The highest BCUT2D eigenvalue weighted by Gasteiger charge is 2.45. The molecule has 2 unspecified atom stereocenters. The van der Waals surface area contributed by atoms with E-state index in [9.17, 15) is 18.3 Å². The number of methoxy groups -OCH3 is 1. The van der Waals surface area contributed by atoms with Crippen molar-refractivity contribution in [3.05, 3.63) is 69.8 Å². The molecule has 0 bridgehead atoms. The highest BCUT2D eigenvalue weighted by molar-refractivity contribution is 6.31. The average molecular weight is 454 g/mol. The quantitative estimate of drug-likeness (QED) is 0.602. The highest BCUT2D eigenvalue weighted by Crippen LogP contribution is 2.48. The van der Waals surface area contributed by atoms with Gasteiger partial charge in [-0.2, -0.15) is 13.2 Å². The van der Waals surface area contributed by atoms with Crippen molar-refractivity contribution in [3.63, 3.8) is 0 Å². The minimum Gasteiger partial charge on any atom is -0.497 e. The molecular weight excluding hydrogens is 427 g/mol. The molecular formula is C24H27ClF3NO2. The van der Waals surface area contributed by atoms with Crippen molar-refractivity contribution in [2.24, 2.45) is 5.92 Å². The van der Waals surface area contributed by atoms with Crippen LogP contribution in [0.5, 0.6) is 5.75 Å². The molecule has 0 aromatic heterocycles. The van der Waals surface area contributed by atoms with Crippen molar-refractivity contribution in [1.82, 2.24) is 4.90 Å². The Bertz CT molecular complexity index is 958. The molecule has 2 atom stereocenters. The second-order valence-corrected chi connectivity index (χ2v) is 8.66. The smallest absolute Gasteiger partial charge is 0.417 e. The molecule has 31 heavy (non-hydrogen) atoms. The topological polar surface area (TPSA) is 32.7 Å². The van der Waals surface area contributed by atoms with E-state index in [0.29, 0.717) is 30.7 Å². The Labute approximate surface area is 186 Å². The van der Waals surface area contributed by atoms with Gasteiger partial charge in [0.15, 0.2) is 0 Å². The summed E-state index contributed by atoms with van der Waals surface area (Å²) in [5.41, 5.74) is -0.756. The Morgan fingerprint density at radius 2 is 1.97 bits per heavy atom. The van der Waals surface area contributed by atoms with Gasteiger partial charge < -0.3 is 14.7 Å². The molecule has 3 nitrogen and oxygen atoms in total. The second kappa shape index (κ2) is 9.23. The molecule has 1 fully saturated rings. The van der Waals surface area contributed by atoms with E-state index in [-0.39, 0.29) is 16.5 Å². The number of nitrogens with zero attached hydrogens (tertiary/aromatic N) is 1. The minimum atomic E-state index is -4.61. The molecule has 7 heteroatoms. The van der Waals surface area contributed by atoms with Gasteiger partial charge in [0.1, 0.15) is 11.4 Å². The van der Waals surface area contributed by atoms with E-state index in [1.54, 1.807) is 7.11 Å². The maximum Gasteiger partial charge on any atom is 0.417 e. The highest BCUT2D eigenvalue weighted by atomic mass is 35.5. The van der Waals surface area contributed by atoms with Gasteiger partial charge in [0.25, 0.3) is 0 Å². The molecule has 0 spiro atoms. The number of aliphatic hydroxyl groups is 1. The molecule has 2 aromatic carbocycles. The number of alkyl halides is 3. The van der Waals surface area contributed by atoms with Gasteiger partial charge in [-0.15, -0.1) is 0 Å². The van der Waals surface area contributed by atoms with Crippen molar-refractivity contribution >= 4 is 17.7 Å². The van der Waals surface area contributed by atoms with Gasteiger partial charge in [-0.3, -0.25) is 0 Å². The van der Waals surface area contributed by atoms with Crippen molar-refractivity contribution in [2.75, 3.05) is 27.7 Å². The third kappa shape index (κ3) is 5.08. The van der Waals surface area contributed by atoms with E-state index in [4.69, 9.17) is 16.3 Å². The summed E-state index contributed by atoms with van der Waals surface area (Å²) in [6, 6.07) is 11.1. The minimum absolute atomic E-state index is 0.213. The summed E-state index contributed by atoms with van der Waals surface area (Å²) in [4.78, 5) is 1.95. The number of halogens is 4. The summed E-state index contributed by atoms with van der Waals surface area (Å²) in [6.45, 7) is 0.538. The van der Waals surface area contributed by atoms with Crippen LogP contribution in [0.4, 0.5) is 13.2 Å². The van der Waals surface area contributed by atoms with E-state index in [0.717, 1.165) is 18.1 Å². The fourth-order valence-corrected chi connectivity index (χ4v) is 4.60. The molecule has 168 valence electrons. The van der Waals surface area contributed by atoms with Gasteiger partial charge in [0.2, 0.25) is 0 Å². The first-order chi connectivity index (χ1) is 14.6. The number of hydrogen-bond donors (Lipinski definition) is 1. The standard InChI is InChI=1S/C24H27ClF3NO2/c1-29(2)15-19-8-5-7-17(12-16-6-4-9-20(13-16)31-3)23(19,30)18-10-11-22(25)21(14-18)24(26,27)28/h4,6,9-14,19,30H,5,7-8,15H2,1-3H3. The van der Waals surface area contributed by atoms with Crippen LogP contribution >= 0.6 is 11.6 Å². The van der Waals surface area contributed by atoms with Crippen LogP contribution in [0.3, 0.4) is 0 Å². The number of ether oxygens (including phenoxy) is 1. The molecule has 0 radical (unpaired) electrons. The zero-order valence-corrected chi connectivity index (χ0v) is 18.6. The Kier molecular flexibility index (Phi) is 7.04. The molecule has 1 aliphatic carbocycles. The third-order valence-electron chi connectivity index (χ3n) is 5.81. The monoisotopic (exact) mass is 453 g/mol. The Morgan fingerprint density at radius 3 is 2.61 bits per heavy atom. The van der Waals surface area contributed by atoms with Gasteiger partial charge in [-0.25, -0.2) is 0 Å². The van der Waals surface area contributed by atoms with Crippen LogP contribution in [-0.4, -0.2) is 37.8 Å². The lowest BCUT2D eigenvalue weighted by molar-refractivity contribution is -0.137. The van der Waals surface area contributed by atoms with E-state index in [1.807, 2.05) is 49.3 Å². The first-order valence-corrected chi connectivity index (χ1v) is 10.5. The predicted molar refractivity (Wildman–Crippen MR) is 117 cm³/mol. The summed E-state index contributed by atoms with van der Waals surface area (Å²) >= 11 is 5.85. The molecule has 2 aromatic rings. The predicted octanol–water partition coefficient (Wildman–Crippen LogP) is 6.00. The van der Waals surface area contributed by atoms with Crippen molar-refractivity contribution < 1.29 is 23.0 Å². The molecule has 0 saturated heterocycles. The first kappa shape index (κ1) is 23.6. The summed E-state index contributed by atoms with van der Waals surface area (Å²) in [6.07, 6.45) is -0.607. The van der Waals surface area contributed by atoms with Crippen LogP contribution in [0.2, 0.25) is 5.02 Å². The van der Waals surface area contributed by atoms with Crippen LogP contribution in [0, 0.1) is 5.92 Å². The normalized spacial score (nSPS) is 23.4. The molecule has 1 saturated carbocycles. The zero-order chi connectivity index (χ0) is 22.8. The molecule has 0 heterocycles. The number of rotatable bonds is 5. The lowest BCUT2D eigenvalue weighted by atomic mass is 9.67. The Balaban J connectivity index is 2.17. The summed E-state index contributed by atoms with van der Waals surface area (Å²) < 4.78 is 45.9. The summed E-state index contributed by atoms with van der Waals surface area (Å²) in [5, 5.41) is 11.7. The van der Waals surface area contributed by atoms with Gasteiger partial charge in [-0.1, -0.05) is 35.9 Å². The largest absolute Gasteiger partial charge is 0.497 e. The van der Waals surface area contributed by atoms with E-state index < -0.39 is 17.3 Å². The fourth-order valence-electron chi connectivity index (χ4n) is 4.38. The van der Waals surface area contributed by atoms with Crippen LogP contribution in [0.15, 0.2) is 48.0 Å². The fraction of sp³-hybridized carbons (Fsp3) is 0.417. The summed E-state index contributed by atoms with van der Waals surface area (Å²) in [5.74, 6) is 0.403. The molecule has 0 aliphatic heterocycles. The second-order valence-electron chi connectivity index (χ2n) is 8.26. The average Bonchev–Trinajstić information content (AvgIpc) is 2.70. The lowest BCUT2D eigenvalue weighted by Gasteiger charge is -2.44. The lowest BCUT2D eigenvalue weighted by Crippen LogP contribution is -2.44. The van der Waals surface area contributed by atoms with Crippen LogP contribution in [0.25, 0.3) is 6.08 Å². The molecule has 0 amide bonds. The van der Waals surface area contributed by atoms with E-state index in [1.165, 1.54) is 12.1 Å². The maximum atomic E-state index is 13.6. The van der Waals surface area contributed by atoms with Gasteiger partial charge >= 0.3 is 6.18 Å². The van der Waals surface area contributed by atoms with E-state index in [2.05, 4.69) is 0 Å². The SMILES string of the molecule is COc1cccc(C=C2CCCC(CN(C)C)C2(O)c2ccc(Cl)c(C(F)(F)F)c2)c1. The zero-order valence-electron chi connectivity index (χ0n) is 17.8. The van der Waals surface area contributed by atoms with Gasteiger partial charge in [0.05, 0.1) is 17.7 Å². The molecule has 1 N–H and O–H groups in total. The number of hydrogen-bond acceptors (Lipinski definition) is 3. The Morgan fingerprint density at radius 1 is 1.23 bits per heavy atom. The third-order valence-corrected chi connectivity index (χ3v) is 6.14. The van der Waals surface area contributed by atoms with Gasteiger partial charge in [0, 0.05) is 12.5 Å².